The highest BCUT2D eigenvalue weighted by molar-refractivity contribution is 5.92. The molecule has 0 atom stereocenters. The Labute approximate surface area is 117 Å². The third kappa shape index (κ3) is 4.22. The van der Waals surface area contributed by atoms with Crippen molar-refractivity contribution in [2.24, 2.45) is 13.0 Å². The van der Waals surface area contributed by atoms with Crippen LogP contribution in [0, 0.1) is 5.92 Å². The topological polar surface area (TPSA) is 79.6 Å². The van der Waals surface area contributed by atoms with E-state index in [4.69, 9.17) is 5.11 Å². The molecule has 0 radical (unpaired) electrons. The van der Waals surface area contributed by atoms with Gasteiger partial charge in [-0.15, -0.1) is 0 Å². The SMILES string of the molecule is CC(C)CN(CCC(=O)O)C(=O)c1cccc(=O)n1C. The summed E-state index contributed by atoms with van der Waals surface area (Å²) in [7, 11) is 1.53. The van der Waals surface area contributed by atoms with Crippen molar-refractivity contribution < 1.29 is 14.7 Å². The van der Waals surface area contributed by atoms with Crippen LogP contribution >= 0.6 is 0 Å². The second-order valence-corrected chi connectivity index (χ2v) is 5.10. The Kier molecular flexibility index (Phi) is 5.49. The second-order valence-electron chi connectivity index (χ2n) is 5.10. The highest BCUT2D eigenvalue weighted by atomic mass is 16.4. The van der Waals surface area contributed by atoms with Crippen LogP contribution in [-0.4, -0.2) is 39.5 Å². The average molecular weight is 280 g/mol. The molecule has 20 heavy (non-hydrogen) atoms. The van der Waals surface area contributed by atoms with E-state index in [9.17, 15) is 14.4 Å². The van der Waals surface area contributed by atoms with Gasteiger partial charge in [0.25, 0.3) is 11.5 Å². The molecule has 0 fully saturated rings. The third-order valence-electron chi connectivity index (χ3n) is 2.87. The van der Waals surface area contributed by atoms with Crippen LogP contribution in [0.4, 0.5) is 0 Å². The zero-order valence-corrected chi connectivity index (χ0v) is 12.0. The van der Waals surface area contributed by atoms with Crippen molar-refractivity contribution in [3.63, 3.8) is 0 Å². The zero-order valence-electron chi connectivity index (χ0n) is 12.0. The number of amides is 1. The fourth-order valence-electron chi connectivity index (χ4n) is 1.89. The van der Waals surface area contributed by atoms with Crippen LogP contribution in [0.2, 0.25) is 0 Å². The Balaban J connectivity index is 3.00. The highest BCUT2D eigenvalue weighted by Gasteiger charge is 2.19. The van der Waals surface area contributed by atoms with Gasteiger partial charge in [0.1, 0.15) is 5.69 Å². The van der Waals surface area contributed by atoms with Gasteiger partial charge >= 0.3 is 5.97 Å². The molecule has 6 nitrogen and oxygen atoms in total. The summed E-state index contributed by atoms with van der Waals surface area (Å²) < 4.78 is 1.27. The first-order valence-electron chi connectivity index (χ1n) is 6.50. The average Bonchev–Trinajstić information content (AvgIpc) is 2.36. The Morgan fingerprint density at radius 3 is 2.55 bits per heavy atom. The summed E-state index contributed by atoms with van der Waals surface area (Å²) in [6, 6.07) is 4.47. The van der Waals surface area contributed by atoms with Crippen LogP contribution < -0.4 is 5.56 Å². The van der Waals surface area contributed by atoms with Gasteiger partial charge in [0.15, 0.2) is 0 Å². The van der Waals surface area contributed by atoms with Gasteiger partial charge in [-0.05, 0) is 12.0 Å². The van der Waals surface area contributed by atoms with Gasteiger partial charge in [-0.1, -0.05) is 19.9 Å². The van der Waals surface area contributed by atoms with Crippen LogP contribution in [-0.2, 0) is 11.8 Å². The van der Waals surface area contributed by atoms with Gasteiger partial charge in [-0.25, -0.2) is 0 Å². The fraction of sp³-hybridized carbons (Fsp3) is 0.500. The molecule has 0 aliphatic carbocycles. The molecule has 0 bridgehead atoms. The molecule has 1 amide bonds. The minimum atomic E-state index is -0.950. The Bertz CT molecular complexity index is 548. The maximum atomic E-state index is 12.4. The Hall–Kier alpha value is -2.11. The maximum Gasteiger partial charge on any atom is 0.305 e. The lowest BCUT2D eigenvalue weighted by Gasteiger charge is -2.24. The van der Waals surface area contributed by atoms with E-state index in [1.165, 1.54) is 28.6 Å². The molecule has 0 aliphatic heterocycles. The van der Waals surface area contributed by atoms with Gasteiger partial charge in [0.2, 0.25) is 0 Å². The minimum Gasteiger partial charge on any atom is -0.481 e. The lowest BCUT2D eigenvalue weighted by Crippen LogP contribution is -2.38. The molecule has 0 unspecified atom stereocenters. The second kappa shape index (κ2) is 6.88. The molecule has 1 heterocycles. The molecule has 1 N–H and O–H groups in total. The molecular formula is C14H20N2O4. The van der Waals surface area contributed by atoms with Crippen molar-refractivity contribution in [1.82, 2.24) is 9.47 Å². The van der Waals surface area contributed by atoms with Gasteiger partial charge in [-0.2, -0.15) is 0 Å². The van der Waals surface area contributed by atoms with E-state index in [0.717, 1.165) is 0 Å². The van der Waals surface area contributed by atoms with Crippen LogP contribution in [0.1, 0.15) is 30.8 Å². The van der Waals surface area contributed by atoms with E-state index in [1.807, 2.05) is 13.8 Å². The summed E-state index contributed by atoms with van der Waals surface area (Å²) in [5, 5.41) is 8.75. The van der Waals surface area contributed by atoms with Gasteiger partial charge in [0, 0.05) is 26.2 Å². The first kappa shape index (κ1) is 15.9. The molecule has 1 aromatic rings. The van der Waals surface area contributed by atoms with Crippen molar-refractivity contribution in [3.05, 3.63) is 34.2 Å². The number of nitrogens with zero attached hydrogens (tertiary/aromatic N) is 2. The highest BCUT2D eigenvalue weighted by Crippen LogP contribution is 2.07. The van der Waals surface area contributed by atoms with E-state index in [-0.39, 0.29) is 36.0 Å². The summed E-state index contributed by atoms with van der Waals surface area (Å²) in [6.45, 7) is 4.49. The summed E-state index contributed by atoms with van der Waals surface area (Å²) in [5.74, 6) is -1.05. The molecule has 1 rings (SSSR count). The molecule has 0 spiro atoms. The van der Waals surface area contributed by atoms with Gasteiger partial charge in [0.05, 0.1) is 6.42 Å². The predicted molar refractivity (Wildman–Crippen MR) is 74.7 cm³/mol. The molecule has 1 aromatic heterocycles. The number of hydrogen-bond donors (Lipinski definition) is 1. The van der Waals surface area contributed by atoms with Crippen LogP contribution in [0.25, 0.3) is 0 Å². The largest absolute Gasteiger partial charge is 0.481 e. The number of hydrogen-bond acceptors (Lipinski definition) is 3. The minimum absolute atomic E-state index is 0.112. The first-order chi connectivity index (χ1) is 9.32. The smallest absolute Gasteiger partial charge is 0.305 e. The van der Waals surface area contributed by atoms with Crippen LogP contribution in [0.15, 0.2) is 23.0 Å². The third-order valence-corrected chi connectivity index (χ3v) is 2.87. The van der Waals surface area contributed by atoms with E-state index < -0.39 is 5.97 Å². The molecule has 110 valence electrons. The number of carboxylic acids is 1. The predicted octanol–water partition coefficient (Wildman–Crippen LogP) is 0.958. The maximum absolute atomic E-state index is 12.4. The number of carboxylic acid groups (broad SMARTS) is 1. The molecule has 0 saturated carbocycles. The summed E-state index contributed by atoms with van der Waals surface area (Å²) in [4.78, 5) is 36.1. The number of aliphatic carboxylic acids is 1. The number of aromatic nitrogens is 1. The molecule has 0 aliphatic rings. The monoisotopic (exact) mass is 280 g/mol. The zero-order chi connectivity index (χ0) is 15.3. The normalized spacial score (nSPS) is 10.6. The molecule has 6 heteroatoms. The Morgan fingerprint density at radius 2 is 2.00 bits per heavy atom. The van der Waals surface area contributed by atoms with Crippen molar-refractivity contribution in [2.75, 3.05) is 13.1 Å². The van der Waals surface area contributed by atoms with Crippen LogP contribution in [0.3, 0.4) is 0 Å². The van der Waals surface area contributed by atoms with Crippen molar-refractivity contribution in [1.29, 1.82) is 0 Å². The lowest BCUT2D eigenvalue weighted by molar-refractivity contribution is -0.137. The molecule has 0 saturated heterocycles. The summed E-state index contributed by atoms with van der Waals surface area (Å²) >= 11 is 0. The number of carbonyl (C=O) groups is 2. The first-order valence-corrected chi connectivity index (χ1v) is 6.50. The van der Waals surface area contributed by atoms with Crippen molar-refractivity contribution in [2.45, 2.75) is 20.3 Å². The number of carbonyl (C=O) groups excluding carboxylic acids is 1. The number of pyridine rings is 1. The quantitative estimate of drug-likeness (QED) is 0.841. The van der Waals surface area contributed by atoms with E-state index in [1.54, 1.807) is 6.07 Å². The fourth-order valence-corrected chi connectivity index (χ4v) is 1.89. The molecular weight excluding hydrogens is 260 g/mol. The van der Waals surface area contributed by atoms with Crippen LogP contribution in [0.5, 0.6) is 0 Å². The summed E-state index contributed by atoms with van der Waals surface area (Å²) in [5.41, 5.74) is 0.00196. The molecule has 0 aromatic carbocycles. The lowest BCUT2D eigenvalue weighted by atomic mass is 10.2. The standard InChI is InChI=1S/C14H20N2O4/c1-10(2)9-16(8-7-13(18)19)14(20)11-5-4-6-12(17)15(11)3/h4-6,10H,7-9H2,1-3H3,(H,18,19). The van der Waals surface area contributed by atoms with Crippen molar-refractivity contribution in [3.8, 4) is 0 Å². The summed E-state index contributed by atoms with van der Waals surface area (Å²) in [6.07, 6.45) is -0.112. The van der Waals surface area contributed by atoms with E-state index in [2.05, 4.69) is 0 Å². The van der Waals surface area contributed by atoms with E-state index >= 15 is 0 Å². The number of rotatable bonds is 6. The van der Waals surface area contributed by atoms with Gasteiger partial charge in [-0.3, -0.25) is 14.4 Å². The Morgan fingerprint density at radius 1 is 1.35 bits per heavy atom. The van der Waals surface area contributed by atoms with Crippen molar-refractivity contribution >= 4 is 11.9 Å². The van der Waals surface area contributed by atoms with E-state index in [0.29, 0.717) is 6.54 Å². The van der Waals surface area contributed by atoms with Gasteiger partial charge < -0.3 is 14.6 Å².